The molecule has 0 aliphatic carbocycles. The molecule has 0 spiro atoms. The van der Waals surface area contributed by atoms with E-state index in [9.17, 15) is 4.79 Å². The zero-order chi connectivity index (χ0) is 15.4. The molecule has 5 nitrogen and oxygen atoms in total. The van der Waals surface area contributed by atoms with Crippen LogP contribution in [0, 0.1) is 6.92 Å². The lowest BCUT2D eigenvalue weighted by atomic mass is 10.2. The monoisotopic (exact) mass is 330 g/mol. The minimum Gasteiger partial charge on any atom is -0.328 e. The number of carbonyl (C=O) groups excluding carboxylic acids is 1. The summed E-state index contributed by atoms with van der Waals surface area (Å²) < 4.78 is 3.86. The normalized spacial score (nSPS) is 10.6. The number of hydrogen-bond donors (Lipinski definition) is 0. The van der Waals surface area contributed by atoms with Crippen molar-refractivity contribution in [3.63, 3.8) is 0 Å². The molecule has 1 amide bonds. The fourth-order valence-corrected chi connectivity index (χ4v) is 3.35. The van der Waals surface area contributed by atoms with Crippen LogP contribution in [-0.4, -0.2) is 25.4 Å². The Labute approximate surface area is 136 Å². The molecule has 0 unspecified atom stereocenters. The van der Waals surface area contributed by atoms with E-state index in [0.29, 0.717) is 23.7 Å². The summed E-state index contributed by atoms with van der Waals surface area (Å²) in [5, 5.41) is 8.00. The molecule has 0 saturated heterocycles. The van der Waals surface area contributed by atoms with Gasteiger partial charge in [-0.1, -0.05) is 10.6 Å². The number of aryl methyl sites for hydroxylation is 1. The van der Waals surface area contributed by atoms with Crippen molar-refractivity contribution in [3.05, 3.63) is 63.1 Å². The molecule has 3 aromatic rings. The van der Waals surface area contributed by atoms with Crippen LogP contribution in [0.15, 0.2) is 41.2 Å². The topological polar surface area (TPSA) is 59.0 Å². The van der Waals surface area contributed by atoms with E-state index in [1.807, 2.05) is 29.6 Å². The lowest BCUT2D eigenvalue weighted by molar-refractivity contribution is 0.0732. The van der Waals surface area contributed by atoms with Crippen molar-refractivity contribution in [2.75, 3.05) is 0 Å². The van der Waals surface area contributed by atoms with E-state index in [1.54, 1.807) is 29.4 Å². The molecule has 22 heavy (non-hydrogen) atoms. The van der Waals surface area contributed by atoms with E-state index in [2.05, 4.69) is 20.0 Å². The van der Waals surface area contributed by atoms with Crippen molar-refractivity contribution < 1.29 is 4.79 Å². The molecule has 7 heteroatoms. The minimum absolute atomic E-state index is 0.0515. The first-order chi connectivity index (χ1) is 10.7. The molecular weight excluding hydrogens is 316 g/mol. The summed E-state index contributed by atoms with van der Waals surface area (Å²) in [7, 11) is 0. The number of thiophene rings is 1. The van der Waals surface area contributed by atoms with Gasteiger partial charge in [-0.15, -0.1) is 5.10 Å². The SMILES string of the molecule is Cc1nnsc1C(=O)N(Cc1ccsc1)Cc1ccccn1. The van der Waals surface area contributed by atoms with Crippen molar-refractivity contribution in [1.82, 2.24) is 19.5 Å². The van der Waals surface area contributed by atoms with Crippen LogP contribution in [0.5, 0.6) is 0 Å². The number of carbonyl (C=O) groups is 1. The number of pyridine rings is 1. The second-order valence-corrected chi connectivity index (χ2v) is 6.34. The van der Waals surface area contributed by atoms with Crippen LogP contribution in [0.1, 0.15) is 26.6 Å². The van der Waals surface area contributed by atoms with Crippen LogP contribution in [0.25, 0.3) is 0 Å². The zero-order valence-corrected chi connectivity index (χ0v) is 13.6. The Balaban J connectivity index is 1.85. The highest BCUT2D eigenvalue weighted by atomic mass is 32.1. The van der Waals surface area contributed by atoms with Gasteiger partial charge in [-0.3, -0.25) is 9.78 Å². The van der Waals surface area contributed by atoms with Gasteiger partial charge >= 0.3 is 0 Å². The van der Waals surface area contributed by atoms with Crippen LogP contribution in [0.2, 0.25) is 0 Å². The number of nitrogens with zero attached hydrogens (tertiary/aromatic N) is 4. The summed E-state index contributed by atoms with van der Waals surface area (Å²) in [6.45, 7) is 2.82. The maximum Gasteiger partial charge on any atom is 0.268 e. The van der Waals surface area contributed by atoms with Gasteiger partial charge in [0, 0.05) is 12.7 Å². The average molecular weight is 330 g/mol. The second kappa shape index (κ2) is 6.76. The molecule has 3 aromatic heterocycles. The first-order valence-corrected chi connectivity index (χ1v) is 8.45. The highest BCUT2D eigenvalue weighted by Gasteiger charge is 2.21. The van der Waals surface area contributed by atoms with E-state index in [4.69, 9.17) is 0 Å². The molecule has 0 aliphatic rings. The van der Waals surface area contributed by atoms with Gasteiger partial charge in [-0.05, 0) is 53.0 Å². The highest BCUT2D eigenvalue weighted by Crippen LogP contribution is 2.18. The number of hydrogen-bond acceptors (Lipinski definition) is 6. The van der Waals surface area contributed by atoms with E-state index in [-0.39, 0.29) is 5.91 Å². The third kappa shape index (κ3) is 3.37. The number of amides is 1. The third-order valence-corrected chi connectivity index (χ3v) is 4.71. The third-order valence-electron chi connectivity index (χ3n) is 3.17. The fraction of sp³-hybridized carbons (Fsp3) is 0.200. The predicted molar refractivity (Wildman–Crippen MR) is 86.8 cm³/mol. The summed E-state index contributed by atoms with van der Waals surface area (Å²) in [6.07, 6.45) is 1.74. The van der Waals surface area contributed by atoms with Gasteiger partial charge < -0.3 is 4.90 Å². The fourth-order valence-electron chi connectivity index (χ4n) is 2.06. The van der Waals surface area contributed by atoms with Crippen LogP contribution in [0.4, 0.5) is 0 Å². The Morgan fingerprint density at radius 2 is 2.18 bits per heavy atom. The Bertz CT molecular complexity index is 740. The molecule has 0 radical (unpaired) electrons. The minimum atomic E-state index is -0.0515. The van der Waals surface area contributed by atoms with Gasteiger partial charge in [-0.2, -0.15) is 11.3 Å². The van der Waals surface area contributed by atoms with Gasteiger partial charge in [0.05, 0.1) is 17.9 Å². The molecule has 0 atom stereocenters. The van der Waals surface area contributed by atoms with Gasteiger partial charge in [0.1, 0.15) is 4.88 Å². The molecule has 0 bridgehead atoms. The van der Waals surface area contributed by atoms with E-state index in [0.717, 1.165) is 22.8 Å². The molecule has 112 valence electrons. The second-order valence-electron chi connectivity index (χ2n) is 4.80. The smallest absolute Gasteiger partial charge is 0.268 e. The molecule has 0 saturated carbocycles. The van der Waals surface area contributed by atoms with Crippen LogP contribution >= 0.6 is 22.9 Å². The zero-order valence-electron chi connectivity index (χ0n) is 12.0. The molecule has 0 aromatic carbocycles. The maximum absolute atomic E-state index is 12.8. The quantitative estimate of drug-likeness (QED) is 0.721. The van der Waals surface area contributed by atoms with Gasteiger partial charge in [0.2, 0.25) is 0 Å². The summed E-state index contributed by atoms with van der Waals surface area (Å²) in [5.41, 5.74) is 2.65. The highest BCUT2D eigenvalue weighted by molar-refractivity contribution is 7.08. The van der Waals surface area contributed by atoms with Crippen molar-refractivity contribution >= 4 is 28.8 Å². The lowest BCUT2D eigenvalue weighted by Gasteiger charge is -2.21. The number of rotatable bonds is 5. The van der Waals surface area contributed by atoms with Crippen LogP contribution < -0.4 is 0 Å². The molecule has 0 fully saturated rings. The maximum atomic E-state index is 12.8. The van der Waals surface area contributed by atoms with Gasteiger partial charge in [0.25, 0.3) is 5.91 Å². The first-order valence-electron chi connectivity index (χ1n) is 6.73. The summed E-state index contributed by atoms with van der Waals surface area (Å²) in [4.78, 5) is 19.5. The van der Waals surface area contributed by atoms with Crippen molar-refractivity contribution in [2.24, 2.45) is 0 Å². The molecule has 3 rings (SSSR count). The Kier molecular flexibility index (Phi) is 4.55. The predicted octanol–water partition coefficient (Wildman–Crippen LogP) is 3.15. The lowest BCUT2D eigenvalue weighted by Crippen LogP contribution is -2.30. The standard InChI is InChI=1S/C15H14N4OS2/c1-11-14(22-18-17-11)15(20)19(8-12-5-7-21-10-12)9-13-4-2-3-6-16-13/h2-7,10H,8-9H2,1H3. The molecular formula is C15H14N4OS2. The molecule has 0 N–H and O–H groups in total. The van der Waals surface area contributed by atoms with Gasteiger partial charge in [0.15, 0.2) is 0 Å². The van der Waals surface area contributed by atoms with E-state index in [1.165, 1.54) is 0 Å². The Morgan fingerprint density at radius 3 is 2.82 bits per heavy atom. The largest absolute Gasteiger partial charge is 0.328 e. The Morgan fingerprint density at radius 1 is 1.27 bits per heavy atom. The van der Waals surface area contributed by atoms with Crippen LogP contribution in [0.3, 0.4) is 0 Å². The van der Waals surface area contributed by atoms with Crippen molar-refractivity contribution in [2.45, 2.75) is 20.0 Å². The van der Waals surface area contributed by atoms with E-state index < -0.39 is 0 Å². The summed E-state index contributed by atoms with van der Waals surface area (Å²) in [6, 6.07) is 7.74. The van der Waals surface area contributed by atoms with Crippen molar-refractivity contribution in [3.8, 4) is 0 Å². The molecule has 3 heterocycles. The summed E-state index contributed by atoms with van der Waals surface area (Å²) in [5.74, 6) is -0.0515. The number of aromatic nitrogens is 3. The Hall–Kier alpha value is -2.12. The summed E-state index contributed by atoms with van der Waals surface area (Å²) >= 11 is 2.76. The van der Waals surface area contributed by atoms with Gasteiger partial charge in [-0.25, -0.2) is 0 Å². The van der Waals surface area contributed by atoms with E-state index >= 15 is 0 Å². The van der Waals surface area contributed by atoms with Crippen molar-refractivity contribution in [1.29, 1.82) is 0 Å². The van der Waals surface area contributed by atoms with Crippen LogP contribution in [-0.2, 0) is 13.1 Å². The average Bonchev–Trinajstić information content (AvgIpc) is 3.18. The first kappa shape index (κ1) is 14.8. The molecule has 0 aliphatic heterocycles.